The molecule has 0 saturated heterocycles. The van der Waals surface area contributed by atoms with Crippen LogP contribution >= 0.6 is 27.5 Å². The van der Waals surface area contributed by atoms with Gasteiger partial charge in [-0.25, -0.2) is 0 Å². The van der Waals surface area contributed by atoms with Crippen molar-refractivity contribution in [3.8, 4) is 5.75 Å². The third kappa shape index (κ3) is 4.37. The van der Waals surface area contributed by atoms with Crippen LogP contribution in [0.25, 0.3) is 0 Å². The lowest BCUT2D eigenvalue weighted by Crippen LogP contribution is -2.02. The molecule has 0 fully saturated rings. The molecule has 5 heteroatoms. The van der Waals surface area contributed by atoms with Crippen molar-refractivity contribution < 1.29 is 9.47 Å². The minimum absolute atomic E-state index is 0.611. The standard InChI is InChI=1S/C16H17BrClNO2/c1-20-10-12-5-3-4-11(6-12)9-19-15-8-13(18)7-14(17)16(15)21-2/h3-8,19H,9-10H2,1-2H3. The number of rotatable bonds is 6. The van der Waals surface area contributed by atoms with Gasteiger partial charge in [-0.15, -0.1) is 0 Å². The summed E-state index contributed by atoms with van der Waals surface area (Å²) < 4.78 is 11.4. The molecule has 0 aromatic heterocycles. The van der Waals surface area contributed by atoms with Gasteiger partial charge in [0.2, 0.25) is 0 Å². The highest BCUT2D eigenvalue weighted by Gasteiger charge is 2.09. The Hall–Kier alpha value is -1.23. The highest BCUT2D eigenvalue weighted by molar-refractivity contribution is 9.10. The van der Waals surface area contributed by atoms with Crippen LogP contribution in [0.4, 0.5) is 5.69 Å². The van der Waals surface area contributed by atoms with E-state index in [9.17, 15) is 0 Å². The molecule has 0 aliphatic rings. The van der Waals surface area contributed by atoms with Crippen molar-refractivity contribution in [3.63, 3.8) is 0 Å². The van der Waals surface area contributed by atoms with E-state index in [1.54, 1.807) is 14.2 Å². The number of benzene rings is 2. The first kappa shape index (κ1) is 16.1. The van der Waals surface area contributed by atoms with Crippen LogP contribution in [-0.4, -0.2) is 14.2 Å². The van der Waals surface area contributed by atoms with Gasteiger partial charge in [0.1, 0.15) is 0 Å². The number of hydrogen-bond acceptors (Lipinski definition) is 3. The second kappa shape index (κ2) is 7.69. The van der Waals surface area contributed by atoms with E-state index < -0.39 is 0 Å². The van der Waals surface area contributed by atoms with Gasteiger partial charge in [0.05, 0.1) is 23.9 Å². The zero-order valence-electron chi connectivity index (χ0n) is 12.0. The Morgan fingerprint density at radius 3 is 2.62 bits per heavy atom. The minimum Gasteiger partial charge on any atom is -0.493 e. The molecule has 21 heavy (non-hydrogen) atoms. The lowest BCUT2D eigenvalue weighted by Gasteiger charge is -2.14. The summed E-state index contributed by atoms with van der Waals surface area (Å²) in [6.07, 6.45) is 0. The molecule has 2 aromatic rings. The van der Waals surface area contributed by atoms with Crippen molar-refractivity contribution in [3.05, 3.63) is 57.0 Å². The molecule has 0 amide bonds. The van der Waals surface area contributed by atoms with Gasteiger partial charge in [-0.1, -0.05) is 35.9 Å². The molecule has 0 radical (unpaired) electrons. The molecular formula is C16H17BrClNO2. The minimum atomic E-state index is 0.611. The highest BCUT2D eigenvalue weighted by Crippen LogP contribution is 2.36. The van der Waals surface area contributed by atoms with Crippen molar-refractivity contribution in [2.24, 2.45) is 0 Å². The van der Waals surface area contributed by atoms with Crippen LogP contribution in [0.1, 0.15) is 11.1 Å². The van der Waals surface area contributed by atoms with E-state index in [-0.39, 0.29) is 0 Å². The quantitative estimate of drug-likeness (QED) is 0.787. The Bertz CT molecular complexity index is 619. The lowest BCUT2D eigenvalue weighted by atomic mass is 10.1. The molecule has 0 saturated carbocycles. The number of halogens is 2. The van der Waals surface area contributed by atoms with Crippen LogP contribution in [0.3, 0.4) is 0 Å². The van der Waals surface area contributed by atoms with Crippen LogP contribution in [-0.2, 0) is 17.9 Å². The number of anilines is 1. The Morgan fingerprint density at radius 2 is 1.90 bits per heavy atom. The van der Waals surface area contributed by atoms with Crippen molar-refractivity contribution in [2.75, 3.05) is 19.5 Å². The second-order valence-electron chi connectivity index (χ2n) is 4.57. The maximum atomic E-state index is 6.09. The van der Waals surface area contributed by atoms with Crippen molar-refractivity contribution >= 4 is 33.2 Å². The maximum absolute atomic E-state index is 6.09. The fourth-order valence-electron chi connectivity index (χ4n) is 2.09. The van der Waals surface area contributed by atoms with E-state index in [1.165, 1.54) is 5.56 Å². The topological polar surface area (TPSA) is 30.5 Å². The van der Waals surface area contributed by atoms with E-state index in [4.69, 9.17) is 21.1 Å². The summed E-state index contributed by atoms with van der Waals surface area (Å²) in [6, 6.07) is 11.9. The van der Waals surface area contributed by atoms with Gasteiger partial charge in [0.15, 0.2) is 5.75 Å². The van der Waals surface area contributed by atoms with E-state index >= 15 is 0 Å². The molecule has 0 aliphatic heterocycles. The smallest absolute Gasteiger partial charge is 0.156 e. The molecule has 0 atom stereocenters. The number of hydrogen-bond donors (Lipinski definition) is 1. The van der Waals surface area contributed by atoms with Crippen LogP contribution in [0.2, 0.25) is 5.02 Å². The first-order valence-corrected chi connectivity index (χ1v) is 7.64. The average Bonchev–Trinajstić information content (AvgIpc) is 2.45. The van der Waals surface area contributed by atoms with Gasteiger partial charge >= 0.3 is 0 Å². The van der Waals surface area contributed by atoms with Crippen LogP contribution in [0.15, 0.2) is 40.9 Å². The molecule has 0 aliphatic carbocycles. The summed E-state index contributed by atoms with van der Waals surface area (Å²) in [5.41, 5.74) is 3.17. The number of nitrogens with one attached hydrogen (secondary N) is 1. The van der Waals surface area contributed by atoms with Crippen LogP contribution in [0, 0.1) is 0 Å². The molecule has 0 heterocycles. The highest BCUT2D eigenvalue weighted by atomic mass is 79.9. The Morgan fingerprint density at radius 1 is 1.14 bits per heavy atom. The fraction of sp³-hybridized carbons (Fsp3) is 0.250. The van der Waals surface area contributed by atoms with Crippen molar-refractivity contribution in [1.29, 1.82) is 0 Å². The molecule has 2 rings (SSSR count). The molecule has 1 N–H and O–H groups in total. The van der Waals surface area contributed by atoms with Gasteiger partial charge in [-0.05, 0) is 39.2 Å². The average molecular weight is 371 g/mol. The van der Waals surface area contributed by atoms with Crippen molar-refractivity contribution in [2.45, 2.75) is 13.2 Å². The maximum Gasteiger partial charge on any atom is 0.156 e. The zero-order valence-corrected chi connectivity index (χ0v) is 14.3. The third-order valence-corrected chi connectivity index (χ3v) is 3.81. The zero-order chi connectivity index (χ0) is 15.2. The Labute approximate surface area is 138 Å². The van der Waals surface area contributed by atoms with E-state index in [0.717, 1.165) is 21.5 Å². The molecule has 0 spiro atoms. The summed E-state index contributed by atoms with van der Waals surface area (Å²) in [4.78, 5) is 0. The summed E-state index contributed by atoms with van der Waals surface area (Å²) in [7, 11) is 3.33. The Kier molecular flexibility index (Phi) is 5.91. The lowest BCUT2D eigenvalue weighted by molar-refractivity contribution is 0.185. The normalized spacial score (nSPS) is 10.5. The van der Waals surface area contributed by atoms with Crippen LogP contribution < -0.4 is 10.1 Å². The van der Waals surface area contributed by atoms with Gasteiger partial charge in [-0.3, -0.25) is 0 Å². The van der Waals surface area contributed by atoms with E-state index in [0.29, 0.717) is 18.2 Å². The number of ether oxygens (including phenoxy) is 2. The van der Waals surface area contributed by atoms with Gasteiger partial charge in [0.25, 0.3) is 0 Å². The van der Waals surface area contributed by atoms with Gasteiger partial charge in [-0.2, -0.15) is 0 Å². The molecule has 112 valence electrons. The fourth-order valence-corrected chi connectivity index (χ4v) is 3.06. The number of methoxy groups -OCH3 is 2. The molecule has 2 aromatic carbocycles. The summed E-state index contributed by atoms with van der Waals surface area (Å²) >= 11 is 9.54. The molecule has 3 nitrogen and oxygen atoms in total. The molecule has 0 bridgehead atoms. The second-order valence-corrected chi connectivity index (χ2v) is 5.87. The monoisotopic (exact) mass is 369 g/mol. The van der Waals surface area contributed by atoms with Crippen LogP contribution in [0.5, 0.6) is 5.75 Å². The summed E-state index contributed by atoms with van der Waals surface area (Å²) in [6.45, 7) is 1.29. The Balaban J connectivity index is 2.14. The molecule has 0 unspecified atom stereocenters. The molecular weight excluding hydrogens is 354 g/mol. The SMILES string of the molecule is COCc1cccc(CNc2cc(Cl)cc(Br)c2OC)c1. The largest absolute Gasteiger partial charge is 0.493 e. The first-order valence-electron chi connectivity index (χ1n) is 6.47. The van der Waals surface area contributed by atoms with E-state index in [1.807, 2.05) is 24.3 Å². The van der Waals surface area contributed by atoms with Crippen molar-refractivity contribution in [1.82, 2.24) is 0 Å². The summed E-state index contributed by atoms with van der Waals surface area (Å²) in [5, 5.41) is 4.00. The third-order valence-electron chi connectivity index (χ3n) is 3.00. The first-order chi connectivity index (χ1) is 10.1. The van der Waals surface area contributed by atoms with Gasteiger partial charge < -0.3 is 14.8 Å². The van der Waals surface area contributed by atoms with Gasteiger partial charge in [0, 0.05) is 18.7 Å². The van der Waals surface area contributed by atoms with E-state index in [2.05, 4.69) is 33.4 Å². The predicted molar refractivity (Wildman–Crippen MR) is 90.2 cm³/mol. The predicted octanol–water partition coefficient (Wildman–Crippen LogP) is 4.87. The summed E-state index contributed by atoms with van der Waals surface area (Å²) in [5.74, 6) is 0.743.